The van der Waals surface area contributed by atoms with Gasteiger partial charge in [0.1, 0.15) is 12.2 Å². The number of ketones is 1. The molecule has 19 heteroatoms. The largest absolute Gasteiger partial charge is 1.00 e. The third kappa shape index (κ3) is 23.8. The van der Waals surface area contributed by atoms with Crippen molar-refractivity contribution in [2.45, 2.75) is 145 Å². The highest BCUT2D eigenvalue weighted by atomic mass is 36.0. The average molecular weight is 1510 g/mol. The first-order valence-electron chi connectivity index (χ1n) is 35.1. The number of fused-ring (bicyclic) bond motifs is 2. The number of carbonyl (C=O) groups excluding carboxylic acids is 3. The topological polar surface area (TPSA) is 126 Å². The highest BCUT2D eigenvalue weighted by molar-refractivity contribution is 8.24. The molecule has 12 nitrogen and oxygen atoms in total. The zero-order valence-electron chi connectivity index (χ0n) is 60.1. The fourth-order valence-corrected chi connectivity index (χ4v) is 13.5. The summed E-state index contributed by atoms with van der Waals surface area (Å²) in [5.74, 6) is -0.599. The first-order chi connectivity index (χ1) is 47.9. The van der Waals surface area contributed by atoms with E-state index in [4.69, 9.17) is 32.7 Å². The molecule has 7 aromatic rings. The summed E-state index contributed by atoms with van der Waals surface area (Å²) < 4.78 is 20.6. The van der Waals surface area contributed by atoms with Crippen LogP contribution in [0, 0.1) is 0 Å². The van der Waals surface area contributed by atoms with E-state index in [1.165, 1.54) is 33.3 Å². The molecule has 0 atom stereocenters. The van der Waals surface area contributed by atoms with Crippen LogP contribution in [0.25, 0.3) is 21.9 Å². The smallest absolute Gasteiger partial charge is 0.339 e. The Morgan fingerprint density at radius 2 is 0.911 bits per heavy atom. The number of carbonyl (C=O) groups is 3. The Balaban J connectivity index is 0.000000250. The van der Waals surface area contributed by atoms with E-state index in [0.29, 0.717) is 39.4 Å². The van der Waals surface area contributed by atoms with Gasteiger partial charge >= 0.3 is 17.1 Å². The Morgan fingerprint density at radius 1 is 0.505 bits per heavy atom. The lowest BCUT2D eigenvalue weighted by molar-refractivity contribution is -0.507. The van der Waals surface area contributed by atoms with Gasteiger partial charge in [0.2, 0.25) is 5.71 Å². The summed E-state index contributed by atoms with van der Waals surface area (Å²) >= 11 is 27.4. The second-order valence-corrected chi connectivity index (χ2v) is 32.5. The average Bonchev–Trinajstić information content (AvgIpc) is 0.764. The monoisotopic (exact) mass is 1500 g/mol. The lowest BCUT2D eigenvalue weighted by Crippen LogP contribution is -3.00. The Labute approximate surface area is 630 Å². The van der Waals surface area contributed by atoms with Crippen LogP contribution in [0.1, 0.15) is 159 Å². The molecule has 0 bridgehead atoms. The normalized spacial score (nSPS) is 16.9. The molecule has 0 radical (unpaired) electrons. The predicted octanol–water partition coefficient (Wildman–Crippen LogP) is 17.6. The number of hydrogen-bond acceptors (Lipinski definition) is 11. The van der Waals surface area contributed by atoms with Crippen LogP contribution in [0.15, 0.2) is 188 Å². The summed E-state index contributed by atoms with van der Waals surface area (Å²) in [6, 6.07) is 53.0. The fraction of sp³-hybridized carbons (Fsp3) is 0.366. The molecule has 0 aromatic heterocycles. The molecule has 7 aromatic carbocycles. The standard InChI is InChI=1S/C41H48ClN3O2.C21H27ClN2O.C20H23NO2.Cl3OP.ClH/c1-7-44(8-2)31-19-15-29(16-20-31)40(37-24-21-32(27-38(37)42)45(9-3)10-4)36-25-26-39(35-14-12-11-13-34(35)36)43-30-17-22-33(23-18-30)47-41(46)28(5)6;1-5-23(6-2)17-11-9-16(10-12-17)21(25)19-14-13-18(15-20(19)22)24(7-3)8-4;1-14(2)20(22)23-17-12-10-16(11-13-17)21-19-9-5-7-15-6-3-4-8-18(15)19;1-5(2,3)4;/h11-16,19-21,24-27,30,33H,5,7-10,17-18,22-23H2,1-4,6H3;9-15H,5-8H2,1-4H3;3-9,16-17,21H,1,10-13H2,2H3;;1H. The second kappa shape index (κ2) is 40.7. The van der Waals surface area contributed by atoms with Gasteiger partial charge in [0.25, 0.3) is 0 Å². The number of esters is 2. The van der Waals surface area contributed by atoms with Crippen molar-refractivity contribution in [1.29, 1.82) is 0 Å². The van der Waals surface area contributed by atoms with Gasteiger partial charge in [0, 0.05) is 139 Å². The van der Waals surface area contributed by atoms with Gasteiger partial charge in [-0.3, -0.25) is 9.36 Å². The summed E-state index contributed by atoms with van der Waals surface area (Å²) in [6.07, 6.45) is 11.8. The molecule has 0 heterocycles. The molecule has 0 aliphatic heterocycles. The van der Waals surface area contributed by atoms with Crippen LogP contribution >= 0.6 is 62.1 Å². The highest BCUT2D eigenvalue weighted by Gasteiger charge is 2.31. The summed E-state index contributed by atoms with van der Waals surface area (Å²) in [5.41, 5.74) is 15.7. The lowest BCUT2D eigenvalue weighted by atomic mass is 9.83. The molecule has 3 aliphatic rings. The van der Waals surface area contributed by atoms with Gasteiger partial charge < -0.3 is 46.8 Å². The van der Waals surface area contributed by atoms with Gasteiger partial charge in [-0.15, -0.1) is 0 Å². The van der Waals surface area contributed by atoms with Crippen molar-refractivity contribution in [1.82, 2.24) is 0 Å². The first-order valence-corrected chi connectivity index (χ1v) is 40.3. The quantitative estimate of drug-likeness (QED) is 0.0275. The van der Waals surface area contributed by atoms with E-state index in [1.807, 2.05) is 42.5 Å². The van der Waals surface area contributed by atoms with Gasteiger partial charge in [0.15, 0.2) is 11.8 Å². The highest BCUT2D eigenvalue weighted by Crippen LogP contribution is 2.61. The minimum Gasteiger partial charge on any atom is -1.00 e. The Kier molecular flexibility index (Phi) is 33.5. The molecule has 2 saturated carbocycles. The zero-order valence-corrected chi connectivity index (χ0v) is 65.5. The van der Waals surface area contributed by atoms with E-state index >= 15 is 0 Å². The lowest BCUT2D eigenvalue weighted by Gasteiger charge is -2.30. The molecular weight excluding hydrogens is 1410 g/mol. The molecule has 3 aliphatic carbocycles. The minimum atomic E-state index is -3.22. The van der Waals surface area contributed by atoms with Gasteiger partial charge in [-0.1, -0.05) is 109 Å². The van der Waals surface area contributed by atoms with Crippen molar-refractivity contribution in [3.63, 3.8) is 0 Å². The van der Waals surface area contributed by atoms with E-state index in [0.717, 1.165) is 154 Å². The van der Waals surface area contributed by atoms with Crippen molar-refractivity contribution < 1.29 is 45.8 Å². The third-order valence-electron chi connectivity index (χ3n) is 18.5. The summed E-state index contributed by atoms with van der Waals surface area (Å²) in [5, 5.41) is 4.19. The number of allylic oxidation sites excluding steroid dienone is 3. The molecule has 0 spiro atoms. The van der Waals surface area contributed by atoms with E-state index in [1.54, 1.807) is 13.8 Å². The van der Waals surface area contributed by atoms with Crippen molar-refractivity contribution in [2.75, 3.05) is 77.3 Å². The number of rotatable bonds is 23. The van der Waals surface area contributed by atoms with Crippen LogP contribution in [-0.4, -0.2) is 100 Å². The second-order valence-electron chi connectivity index (χ2n) is 25.1. The Hall–Kier alpha value is -6.99. The molecular formula is C82H99Cl6N6O6P. The van der Waals surface area contributed by atoms with Gasteiger partial charge in [-0.25, -0.2) is 14.6 Å². The van der Waals surface area contributed by atoms with Crippen LogP contribution in [0.4, 0.5) is 28.4 Å². The van der Waals surface area contributed by atoms with Gasteiger partial charge in [-0.2, -0.15) is 0 Å². The van der Waals surface area contributed by atoms with Crippen LogP contribution in [0.2, 0.25) is 10.0 Å². The SMILES string of the molecule is C=C(C)C(=O)OC1CCC(Nc2cccc3ccccc23)CC1.C=C(C)C(=O)OC1CCC([NH+]=C2C=CC(=C(c3ccc(N(CC)CC)cc3)c3ccc(N(CC)CC)cc3Cl)c3ccccc32)CC1.CCN(CC)c1ccc(C(=O)c2ccc(N(CC)CC)cc2Cl)cc1.O=P(Cl)(Cl)Cl.[Cl-]. The molecule has 0 saturated heterocycles. The van der Waals surface area contributed by atoms with Crippen LogP contribution in [0.5, 0.6) is 0 Å². The van der Waals surface area contributed by atoms with Crippen LogP contribution in [0.3, 0.4) is 0 Å². The molecule has 0 unspecified atom stereocenters. The number of hydrogen-bond donors (Lipinski definition) is 2. The molecule has 2 N–H and O–H groups in total. The van der Waals surface area contributed by atoms with Crippen LogP contribution in [-0.2, 0) is 23.6 Å². The van der Waals surface area contributed by atoms with Crippen molar-refractivity contribution in [3.05, 3.63) is 232 Å². The Morgan fingerprint density at radius 3 is 1.38 bits per heavy atom. The molecule has 540 valence electrons. The molecule has 2 fully saturated rings. The number of nitrogens with zero attached hydrogens (tertiary/aromatic N) is 4. The number of nitrogens with one attached hydrogen (secondary N) is 2. The minimum absolute atomic E-state index is 0. The first kappa shape index (κ1) is 83.0. The summed E-state index contributed by atoms with van der Waals surface area (Å²) in [7, 11) is 0. The van der Waals surface area contributed by atoms with E-state index < -0.39 is 5.20 Å². The van der Waals surface area contributed by atoms with E-state index in [9.17, 15) is 18.9 Å². The van der Waals surface area contributed by atoms with Crippen molar-refractivity contribution >= 4 is 136 Å². The number of ether oxygens (including phenoxy) is 2. The van der Waals surface area contributed by atoms with E-state index in [-0.39, 0.29) is 42.3 Å². The zero-order chi connectivity index (χ0) is 72.6. The summed E-state index contributed by atoms with van der Waals surface area (Å²) in [6.45, 7) is 35.4. The van der Waals surface area contributed by atoms with Crippen molar-refractivity contribution in [3.8, 4) is 0 Å². The maximum Gasteiger partial charge on any atom is 0.339 e. The predicted molar refractivity (Wildman–Crippen MR) is 427 cm³/mol. The third-order valence-corrected chi connectivity index (χ3v) is 19.1. The number of halogens is 6. The maximum absolute atomic E-state index is 12.8. The van der Waals surface area contributed by atoms with Gasteiger partial charge in [0.05, 0.1) is 15.6 Å². The number of benzene rings is 7. The van der Waals surface area contributed by atoms with E-state index in [2.05, 4.69) is 254 Å². The molecule has 10 rings (SSSR count). The molecule has 0 amide bonds. The van der Waals surface area contributed by atoms with Crippen molar-refractivity contribution in [2.24, 2.45) is 0 Å². The summed E-state index contributed by atoms with van der Waals surface area (Å²) in [4.78, 5) is 49.4. The van der Waals surface area contributed by atoms with Gasteiger partial charge in [-0.05, 0) is 254 Å². The fourth-order valence-electron chi connectivity index (χ4n) is 13.0. The maximum atomic E-state index is 12.8. The molecule has 101 heavy (non-hydrogen) atoms. The Bertz CT molecular complexity index is 4040. The number of anilines is 5. The van der Waals surface area contributed by atoms with Crippen LogP contribution < -0.4 is 42.3 Å².